The van der Waals surface area contributed by atoms with Gasteiger partial charge in [-0.15, -0.1) is 0 Å². The van der Waals surface area contributed by atoms with Gasteiger partial charge in [0.2, 0.25) is 11.8 Å². The summed E-state index contributed by atoms with van der Waals surface area (Å²) >= 11 is 0. The summed E-state index contributed by atoms with van der Waals surface area (Å²) in [5.41, 5.74) is 8.66. The molecule has 132 valence electrons. The van der Waals surface area contributed by atoms with E-state index in [1.807, 2.05) is 6.07 Å². The molecule has 5 heteroatoms. The molecule has 0 aliphatic heterocycles. The van der Waals surface area contributed by atoms with Crippen molar-refractivity contribution in [2.45, 2.75) is 26.2 Å². The summed E-state index contributed by atoms with van der Waals surface area (Å²) in [6, 6.07) is 15.0. The second-order valence-corrected chi connectivity index (χ2v) is 6.83. The summed E-state index contributed by atoms with van der Waals surface area (Å²) in [6.07, 6.45) is 0. The van der Waals surface area contributed by atoms with Crippen LogP contribution >= 0.6 is 0 Å². The van der Waals surface area contributed by atoms with Crippen molar-refractivity contribution in [1.82, 2.24) is 5.32 Å². The highest BCUT2D eigenvalue weighted by atomic mass is 16.2. The first kappa shape index (κ1) is 18.5. The molecule has 0 aliphatic carbocycles. The number of nitrogens with one attached hydrogen (secondary N) is 2. The Morgan fingerprint density at radius 2 is 1.76 bits per heavy atom. The summed E-state index contributed by atoms with van der Waals surface area (Å²) in [5, 5.41) is 6.00. The van der Waals surface area contributed by atoms with Crippen molar-refractivity contribution in [3.63, 3.8) is 0 Å². The minimum Gasteiger partial charge on any atom is -0.376 e. The Balaban J connectivity index is 1.84. The Morgan fingerprint density at radius 3 is 2.36 bits per heavy atom. The molecule has 4 N–H and O–H groups in total. The maximum Gasteiger partial charge on any atom is 0.248 e. The molecule has 2 amide bonds. The molecule has 5 nitrogen and oxygen atoms in total. The Labute approximate surface area is 148 Å². The highest BCUT2D eigenvalue weighted by Gasteiger charge is 2.21. The van der Waals surface area contributed by atoms with Crippen LogP contribution in [0.2, 0.25) is 0 Å². The topological polar surface area (TPSA) is 84.2 Å². The first-order valence-corrected chi connectivity index (χ1v) is 8.25. The molecule has 0 aromatic heterocycles. The van der Waals surface area contributed by atoms with Crippen LogP contribution in [0.15, 0.2) is 48.5 Å². The normalized spacial score (nSPS) is 11.0. The van der Waals surface area contributed by atoms with E-state index in [4.69, 9.17) is 5.73 Å². The van der Waals surface area contributed by atoms with E-state index in [1.54, 1.807) is 24.3 Å². The number of carbonyl (C=O) groups excluding carboxylic acids is 2. The van der Waals surface area contributed by atoms with Crippen molar-refractivity contribution in [3.05, 3.63) is 65.2 Å². The average Bonchev–Trinajstić information content (AvgIpc) is 2.58. The molecular formula is C20H25N3O2. The Hall–Kier alpha value is -2.82. The average molecular weight is 339 g/mol. The standard InChI is InChI=1S/C20H25N3O2/c1-14-5-4-6-16(11-14)20(2,3)13-23-18(24)12-22-17-9-7-15(8-10-17)19(21)25/h4-11,22H,12-13H2,1-3H3,(H2,21,25)(H,23,24). The lowest BCUT2D eigenvalue weighted by atomic mass is 9.84. The quantitative estimate of drug-likeness (QED) is 0.725. The van der Waals surface area contributed by atoms with Crippen LogP contribution in [0, 0.1) is 6.92 Å². The predicted octanol–water partition coefficient (Wildman–Crippen LogP) is 2.60. The van der Waals surface area contributed by atoms with Gasteiger partial charge in [0.1, 0.15) is 0 Å². The zero-order chi connectivity index (χ0) is 18.4. The van der Waals surface area contributed by atoms with Crippen molar-refractivity contribution in [3.8, 4) is 0 Å². The third-order valence-corrected chi connectivity index (χ3v) is 4.15. The molecule has 0 fully saturated rings. The first-order valence-electron chi connectivity index (χ1n) is 8.25. The number of anilines is 1. The van der Waals surface area contributed by atoms with Crippen molar-refractivity contribution in [2.75, 3.05) is 18.4 Å². The van der Waals surface area contributed by atoms with Gasteiger partial charge in [-0.25, -0.2) is 0 Å². The van der Waals surface area contributed by atoms with Gasteiger partial charge in [-0.2, -0.15) is 0 Å². The molecular weight excluding hydrogens is 314 g/mol. The van der Waals surface area contributed by atoms with E-state index < -0.39 is 5.91 Å². The summed E-state index contributed by atoms with van der Waals surface area (Å²) in [6.45, 7) is 7.00. The van der Waals surface area contributed by atoms with Crippen LogP contribution in [0.25, 0.3) is 0 Å². The molecule has 0 saturated heterocycles. The maximum atomic E-state index is 12.1. The Bertz CT molecular complexity index is 752. The number of nitrogens with two attached hydrogens (primary N) is 1. The molecule has 2 aromatic carbocycles. The van der Waals surface area contributed by atoms with E-state index in [2.05, 4.69) is 49.6 Å². The van der Waals surface area contributed by atoms with Crippen LogP contribution in [-0.4, -0.2) is 24.9 Å². The Kier molecular flexibility index (Phi) is 5.80. The van der Waals surface area contributed by atoms with Gasteiger partial charge in [-0.3, -0.25) is 9.59 Å². The van der Waals surface area contributed by atoms with Crippen LogP contribution in [0.4, 0.5) is 5.69 Å². The van der Waals surface area contributed by atoms with Crippen LogP contribution in [0.3, 0.4) is 0 Å². The van der Waals surface area contributed by atoms with Gasteiger partial charge in [0.05, 0.1) is 6.54 Å². The van der Waals surface area contributed by atoms with Crippen LogP contribution < -0.4 is 16.4 Å². The number of hydrogen-bond donors (Lipinski definition) is 3. The lowest BCUT2D eigenvalue weighted by molar-refractivity contribution is -0.119. The maximum absolute atomic E-state index is 12.1. The minimum absolute atomic E-state index is 0.0836. The number of amides is 2. The van der Waals surface area contributed by atoms with E-state index in [0.29, 0.717) is 12.1 Å². The van der Waals surface area contributed by atoms with Gasteiger partial charge in [-0.1, -0.05) is 43.7 Å². The van der Waals surface area contributed by atoms with Gasteiger partial charge in [-0.05, 0) is 36.8 Å². The summed E-state index contributed by atoms with van der Waals surface area (Å²) in [7, 11) is 0. The number of primary amides is 1. The summed E-state index contributed by atoms with van der Waals surface area (Å²) in [5.74, 6) is -0.553. The molecule has 2 rings (SSSR count). The van der Waals surface area contributed by atoms with Crippen LogP contribution in [0.5, 0.6) is 0 Å². The fourth-order valence-corrected chi connectivity index (χ4v) is 2.48. The van der Waals surface area contributed by atoms with Crippen molar-refractivity contribution in [2.24, 2.45) is 5.73 Å². The van der Waals surface area contributed by atoms with Crippen LogP contribution in [-0.2, 0) is 10.2 Å². The molecule has 0 aliphatic rings. The predicted molar refractivity (Wildman–Crippen MR) is 101 cm³/mol. The zero-order valence-electron chi connectivity index (χ0n) is 14.9. The molecule has 2 aromatic rings. The minimum atomic E-state index is -0.470. The molecule has 0 spiro atoms. The molecule has 0 radical (unpaired) electrons. The summed E-state index contributed by atoms with van der Waals surface area (Å²) < 4.78 is 0. The lowest BCUT2D eigenvalue weighted by Crippen LogP contribution is -2.39. The fourth-order valence-electron chi connectivity index (χ4n) is 2.48. The lowest BCUT2D eigenvalue weighted by Gasteiger charge is -2.26. The van der Waals surface area contributed by atoms with E-state index in [1.165, 1.54) is 11.1 Å². The smallest absolute Gasteiger partial charge is 0.248 e. The number of rotatable bonds is 7. The number of hydrogen-bond acceptors (Lipinski definition) is 3. The van der Waals surface area contributed by atoms with Gasteiger partial charge in [0, 0.05) is 23.2 Å². The highest BCUT2D eigenvalue weighted by molar-refractivity contribution is 5.93. The van der Waals surface area contributed by atoms with Crippen molar-refractivity contribution >= 4 is 17.5 Å². The largest absolute Gasteiger partial charge is 0.376 e. The first-order chi connectivity index (χ1) is 11.8. The number of carbonyl (C=O) groups is 2. The van der Waals surface area contributed by atoms with Gasteiger partial charge < -0.3 is 16.4 Å². The third-order valence-electron chi connectivity index (χ3n) is 4.15. The van der Waals surface area contributed by atoms with E-state index in [0.717, 1.165) is 5.69 Å². The van der Waals surface area contributed by atoms with Crippen LogP contribution in [0.1, 0.15) is 35.3 Å². The van der Waals surface area contributed by atoms with Gasteiger partial charge in [0.25, 0.3) is 0 Å². The van der Waals surface area contributed by atoms with Crippen molar-refractivity contribution < 1.29 is 9.59 Å². The fraction of sp³-hybridized carbons (Fsp3) is 0.300. The van der Waals surface area contributed by atoms with Crippen molar-refractivity contribution in [1.29, 1.82) is 0 Å². The second kappa shape index (κ2) is 7.83. The molecule has 0 bridgehead atoms. The highest BCUT2D eigenvalue weighted by Crippen LogP contribution is 2.23. The summed E-state index contributed by atoms with van der Waals surface area (Å²) in [4.78, 5) is 23.1. The molecule has 0 atom stereocenters. The molecule has 0 heterocycles. The molecule has 0 saturated carbocycles. The van der Waals surface area contributed by atoms with E-state index in [9.17, 15) is 9.59 Å². The zero-order valence-corrected chi connectivity index (χ0v) is 14.9. The number of aryl methyl sites for hydroxylation is 1. The monoisotopic (exact) mass is 339 g/mol. The Morgan fingerprint density at radius 1 is 1.08 bits per heavy atom. The van der Waals surface area contributed by atoms with E-state index >= 15 is 0 Å². The molecule has 0 unspecified atom stereocenters. The van der Waals surface area contributed by atoms with Gasteiger partial charge in [0.15, 0.2) is 0 Å². The SMILES string of the molecule is Cc1cccc(C(C)(C)CNC(=O)CNc2ccc(C(N)=O)cc2)c1. The van der Waals surface area contributed by atoms with E-state index in [-0.39, 0.29) is 17.9 Å². The van der Waals surface area contributed by atoms with Gasteiger partial charge >= 0.3 is 0 Å². The molecule has 25 heavy (non-hydrogen) atoms. The number of benzene rings is 2. The third kappa shape index (κ3) is 5.35. The second-order valence-electron chi connectivity index (χ2n) is 6.83.